The van der Waals surface area contributed by atoms with Crippen LogP contribution in [0.2, 0.25) is 0 Å². The highest BCUT2D eigenvalue weighted by molar-refractivity contribution is 5.63. The molecule has 2 aromatic rings. The van der Waals surface area contributed by atoms with E-state index in [1.54, 1.807) is 14.0 Å². The number of methoxy groups -OCH3 is 1. The molecule has 0 spiro atoms. The molecule has 0 amide bonds. The molecule has 0 radical (unpaired) electrons. The Morgan fingerprint density at radius 1 is 1.40 bits per heavy atom. The molecule has 0 atom stereocenters. The highest BCUT2D eigenvalue weighted by atomic mass is 16.5. The van der Waals surface area contributed by atoms with Gasteiger partial charge in [0.05, 0.1) is 18.4 Å². The first-order chi connectivity index (χ1) is 7.22. The fraction of sp³-hybridized carbons (Fsp3) is 0.182. The predicted molar refractivity (Wildman–Crippen MR) is 56.1 cm³/mol. The first kappa shape index (κ1) is 9.58. The predicted octanol–water partition coefficient (Wildman–Crippen LogP) is 1.95. The van der Waals surface area contributed by atoms with Crippen LogP contribution >= 0.6 is 0 Å². The zero-order chi connectivity index (χ0) is 10.8. The van der Waals surface area contributed by atoms with Crippen molar-refractivity contribution >= 4 is 0 Å². The van der Waals surface area contributed by atoms with E-state index in [1.165, 1.54) is 0 Å². The third kappa shape index (κ3) is 1.66. The maximum absolute atomic E-state index is 11.1. The molecule has 1 aromatic carbocycles. The minimum atomic E-state index is -0.340. The molecule has 0 fully saturated rings. The minimum Gasteiger partial charge on any atom is -0.497 e. The molecule has 1 aromatic heterocycles. The van der Waals surface area contributed by atoms with E-state index >= 15 is 0 Å². The van der Waals surface area contributed by atoms with Crippen molar-refractivity contribution in [3.63, 3.8) is 0 Å². The van der Waals surface area contributed by atoms with Crippen LogP contribution in [0.4, 0.5) is 0 Å². The minimum absolute atomic E-state index is 0.340. The molecule has 0 bridgehead atoms. The number of hydrogen-bond donors (Lipinski definition) is 1. The molecule has 0 saturated carbocycles. The number of aromatic amines is 1. The Morgan fingerprint density at radius 2 is 2.20 bits per heavy atom. The average molecular weight is 205 g/mol. The van der Waals surface area contributed by atoms with Crippen molar-refractivity contribution in [2.45, 2.75) is 6.92 Å². The smallest absolute Gasteiger partial charge is 0.360 e. The molecule has 0 aliphatic rings. The maximum atomic E-state index is 11.1. The van der Waals surface area contributed by atoms with Gasteiger partial charge in [-0.25, -0.2) is 9.95 Å². The van der Waals surface area contributed by atoms with Crippen LogP contribution < -0.4 is 10.4 Å². The molecule has 78 valence electrons. The van der Waals surface area contributed by atoms with Gasteiger partial charge in [-0.1, -0.05) is 12.1 Å². The third-order valence-electron chi connectivity index (χ3n) is 2.29. The Kier molecular flexibility index (Phi) is 2.33. The number of nitrogens with one attached hydrogen (secondary N) is 1. The zero-order valence-electron chi connectivity index (χ0n) is 8.53. The summed E-state index contributed by atoms with van der Waals surface area (Å²) in [5.41, 5.74) is 1.80. The Morgan fingerprint density at radius 3 is 2.80 bits per heavy atom. The van der Waals surface area contributed by atoms with E-state index in [1.807, 2.05) is 24.3 Å². The number of ether oxygens (including phenoxy) is 1. The molecule has 2 rings (SSSR count). The standard InChI is InChI=1S/C11H11NO3/c1-7-10(12-15-11(7)13)8-4-3-5-9(6-8)14-2/h3-6,12H,1-2H3. The van der Waals surface area contributed by atoms with Gasteiger partial charge < -0.3 is 9.26 Å². The summed E-state index contributed by atoms with van der Waals surface area (Å²) in [6.07, 6.45) is 0. The second-order valence-electron chi connectivity index (χ2n) is 3.22. The summed E-state index contributed by atoms with van der Waals surface area (Å²) < 4.78 is 9.80. The fourth-order valence-electron chi connectivity index (χ4n) is 1.41. The second kappa shape index (κ2) is 3.65. The van der Waals surface area contributed by atoms with Crippen LogP contribution in [0, 0.1) is 6.92 Å². The molecule has 1 heterocycles. The highest BCUT2D eigenvalue weighted by Gasteiger charge is 2.09. The van der Waals surface area contributed by atoms with Crippen molar-refractivity contribution in [3.05, 3.63) is 40.2 Å². The SMILES string of the molecule is COc1cccc(-c2[nH]oc(=O)c2C)c1. The van der Waals surface area contributed by atoms with Gasteiger partial charge in [-0.15, -0.1) is 0 Å². The van der Waals surface area contributed by atoms with Gasteiger partial charge in [-0.05, 0) is 19.1 Å². The van der Waals surface area contributed by atoms with Crippen LogP contribution in [0.25, 0.3) is 11.3 Å². The molecule has 0 unspecified atom stereocenters. The summed E-state index contributed by atoms with van der Waals surface area (Å²) in [6.45, 7) is 1.72. The highest BCUT2D eigenvalue weighted by Crippen LogP contribution is 2.23. The van der Waals surface area contributed by atoms with E-state index in [0.29, 0.717) is 11.3 Å². The van der Waals surface area contributed by atoms with Crippen molar-refractivity contribution in [3.8, 4) is 17.0 Å². The summed E-state index contributed by atoms with van der Waals surface area (Å²) >= 11 is 0. The monoisotopic (exact) mass is 205 g/mol. The van der Waals surface area contributed by atoms with Crippen molar-refractivity contribution in [2.75, 3.05) is 7.11 Å². The second-order valence-corrected chi connectivity index (χ2v) is 3.22. The van der Waals surface area contributed by atoms with Crippen molar-refractivity contribution in [1.82, 2.24) is 5.16 Å². The van der Waals surface area contributed by atoms with Crippen molar-refractivity contribution < 1.29 is 9.26 Å². The Bertz CT molecular complexity index is 525. The first-order valence-corrected chi connectivity index (χ1v) is 4.55. The number of aromatic nitrogens is 1. The summed E-state index contributed by atoms with van der Waals surface area (Å²) in [5.74, 6) is 0.744. The quantitative estimate of drug-likeness (QED) is 0.815. The Hall–Kier alpha value is -1.97. The molecule has 0 saturated heterocycles. The third-order valence-corrected chi connectivity index (χ3v) is 2.29. The largest absolute Gasteiger partial charge is 0.497 e. The lowest BCUT2D eigenvalue weighted by atomic mass is 10.1. The van der Waals surface area contributed by atoms with Crippen molar-refractivity contribution in [1.29, 1.82) is 0 Å². The van der Waals surface area contributed by atoms with E-state index in [9.17, 15) is 4.79 Å². The zero-order valence-corrected chi connectivity index (χ0v) is 8.53. The van der Waals surface area contributed by atoms with E-state index in [0.717, 1.165) is 11.3 Å². The molecule has 4 heteroatoms. The lowest BCUT2D eigenvalue weighted by molar-refractivity contribution is 0.392. The van der Waals surface area contributed by atoms with Gasteiger partial charge in [0.15, 0.2) is 0 Å². The Labute approximate surface area is 86.5 Å². The summed E-state index contributed by atoms with van der Waals surface area (Å²) in [4.78, 5) is 11.1. The number of H-pyrrole nitrogens is 1. The topological polar surface area (TPSA) is 55.2 Å². The van der Waals surface area contributed by atoms with Crippen LogP contribution in [-0.4, -0.2) is 12.3 Å². The van der Waals surface area contributed by atoms with Gasteiger partial charge in [0.25, 0.3) is 0 Å². The number of hydrogen-bond acceptors (Lipinski definition) is 3. The van der Waals surface area contributed by atoms with Crippen LogP contribution in [0.15, 0.2) is 33.6 Å². The number of rotatable bonds is 2. The lowest BCUT2D eigenvalue weighted by Gasteiger charge is -2.02. The number of benzene rings is 1. The van der Waals surface area contributed by atoms with E-state index in [4.69, 9.17) is 9.26 Å². The molecule has 0 aliphatic heterocycles. The molecular formula is C11H11NO3. The van der Waals surface area contributed by atoms with Crippen LogP contribution in [0.5, 0.6) is 5.75 Å². The van der Waals surface area contributed by atoms with Crippen molar-refractivity contribution in [2.24, 2.45) is 0 Å². The summed E-state index contributed by atoms with van der Waals surface area (Å²) in [7, 11) is 1.60. The first-order valence-electron chi connectivity index (χ1n) is 4.55. The lowest BCUT2D eigenvalue weighted by Crippen LogP contribution is -1.95. The molecule has 0 aliphatic carbocycles. The van der Waals surface area contributed by atoms with E-state index in [-0.39, 0.29) is 5.63 Å². The summed E-state index contributed by atoms with van der Waals surface area (Å²) in [5, 5.41) is 2.60. The summed E-state index contributed by atoms with van der Waals surface area (Å²) in [6, 6.07) is 7.43. The Balaban J connectivity index is 2.54. The van der Waals surface area contributed by atoms with Gasteiger partial charge >= 0.3 is 5.63 Å². The van der Waals surface area contributed by atoms with Gasteiger partial charge in [0, 0.05) is 5.56 Å². The average Bonchev–Trinajstić information content (AvgIpc) is 2.60. The van der Waals surface area contributed by atoms with E-state index in [2.05, 4.69) is 5.16 Å². The maximum Gasteiger partial charge on any atom is 0.360 e. The molecule has 1 N–H and O–H groups in total. The van der Waals surface area contributed by atoms with Crippen LogP contribution in [0.1, 0.15) is 5.56 Å². The molecule has 15 heavy (non-hydrogen) atoms. The van der Waals surface area contributed by atoms with Crippen LogP contribution in [0.3, 0.4) is 0 Å². The normalized spacial score (nSPS) is 10.3. The van der Waals surface area contributed by atoms with Gasteiger partial charge in [-0.2, -0.15) is 0 Å². The van der Waals surface area contributed by atoms with Gasteiger partial charge in [0.2, 0.25) is 0 Å². The molecule has 4 nitrogen and oxygen atoms in total. The fourth-order valence-corrected chi connectivity index (χ4v) is 1.41. The molecular weight excluding hydrogens is 194 g/mol. The van der Waals surface area contributed by atoms with Gasteiger partial charge in [-0.3, -0.25) is 0 Å². The van der Waals surface area contributed by atoms with E-state index < -0.39 is 0 Å². The van der Waals surface area contributed by atoms with Crippen LogP contribution in [-0.2, 0) is 0 Å². The van der Waals surface area contributed by atoms with Gasteiger partial charge in [0.1, 0.15) is 5.75 Å².